The maximum absolute atomic E-state index is 10.7. The summed E-state index contributed by atoms with van der Waals surface area (Å²) in [5.41, 5.74) is 3.05. The average Bonchev–Trinajstić information content (AvgIpc) is 2.74. The molecule has 3 nitrogen and oxygen atoms in total. The smallest absolute Gasteiger partial charge is 0.150 e. The Morgan fingerprint density at radius 3 is 2.76 bits per heavy atom. The van der Waals surface area contributed by atoms with Crippen molar-refractivity contribution < 1.29 is 9.53 Å². The zero-order valence-electron chi connectivity index (χ0n) is 10.6. The van der Waals surface area contributed by atoms with E-state index in [9.17, 15) is 4.79 Å². The predicted octanol–water partition coefficient (Wildman–Crippen LogP) is 2.42. The molecule has 0 N–H and O–H groups in total. The van der Waals surface area contributed by atoms with Crippen molar-refractivity contribution in [3.63, 3.8) is 0 Å². The number of carbonyl (C=O) groups is 1. The third-order valence-corrected chi connectivity index (χ3v) is 3.57. The van der Waals surface area contributed by atoms with Gasteiger partial charge in [-0.05, 0) is 44.0 Å². The molecule has 0 saturated carbocycles. The van der Waals surface area contributed by atoms with E-state index in [2.05, 4.69) is 18.9 Å². The van der Waals surface area contributed by atoms with Crippen LogP contribution in [0.2, 0.25) is 0 Å². The molecule has 2 unspecified atom stereocenters. The van der Waals surface area contributed by atoms with Crippen molar-refractivity contribution in [3.05, 3.63) is 29.3 Å². The molecule has 1 fully saturated rings. The van der Waals surface area contributed by atoms with Crippen molar-refractivity contribution in [1.29, 1.82) is 0 Å². The first kappa shape index (κ1) is 12.1. The molecule has 0 aliphatic carbocycles. The molecule has 0 amide bonds. The SMILES string of the molecule is Cc1cc(C=O)ccc1N(C)C1CCOC1C. The van der Waals surface area contributed by atoms with Gasteiger partial charge in [0.25, 0.3) is 0 Å². The molecule has 2 atom stereocenters. The van der Waals surface area contributed by atoms with Crippen LogP contribution in [0.25, 0.3) is 0 Å². The molecule has 0 bridgehead atoms. The number of aryl methyl sites for hydroxylation is 1. The minimum absolute atomic E-state index is 0.269. The molecule has 0 radical (unpaired) electrons. The third-order valence-electron chi connectivity index (χ3n) is 3.57. The summed E-state index contributed by atoms with van der Waals surface area (Å²) in [5, 5.41) is 0. The van der Waals surface area contributed by atoms with E-state index in [0.29, 0.717) is 6.04 Å². The van der Waals surface area contributed by atoms with Crippen LogP contribution in [0, 0.1) is 6.92 Å². The first-order valence-electron chi connectivity index (χ1n) is 6.03. The number of rotatable bonds is 3. The number of hydrogen-bond acceptors (Lipinski definition) is 3. The van der Waals surface area contributed by atoms with Gasteiger partial charge in [0.1, 0.15) is 6.29 Å². The molecular formula is C14H19NO2. The fraction of sp³-hybridized carbons (Fsp3) is 0.500. The first-order chi connectivity index (χ1) is 8.13. The first-order valence-corrected chi connectivity index (χ1v) is 6.03. The number of carbonyl (C=O) groups excluding carboxylic acids is 1. The fourth-order valence-corrected chi connectivity index (χ4v) is 2.56. The van der Waals surface area contributed by atoms with E-state index in [4.69, 9.17) is 4.74 Å². The van der Waals surface area contributed by atoms with Gasteiger partial charge in [0.15, 0.2) is 0 Å². The molecule has 1 aromatic carbocycles. The highest BCUT2D eigenvalue weighted by atomic mass is 16.5. The van der Waals surface area contributed by atoms with Crippen LogP contribution in [-0.2, 0) is 4.74 Å². The lowest BCUT2D eigenvalue weighted by molar-refractivity contribution is 0.112. The Morgan fingerprint density at radius 1 is 1.47 bits per heavy atom. The minimum Gasteiger partial charge on any atom is -0.376 e. The molecule has 92 valence electrons. The number of nitrogens with zero attached hydrogens (tertiary/aromatic N) is 1. The molecule has 1 aliphatic rings. The van der Waals surface area contributed by atoms with Crippen LogP contribution in [0.3, 0.4) is 0 Å². The molecule has 2 rings (SSSR count). The zero-order chi connectivity index (χ0) is 12.4. The number of hydrogen-bond donors (Lipinski definition) is 0. The van der Waals surface area contributed by atoms with Crippen molar-refractivity contribution >= 4 is 12.0 Å². The van der Waals surface area contributed by atoms with Crippen molar-refractivity contribution in [1.82, 2.24) is 0 Å². The monoisotopic (exact) mass is 233 g/mol. The molecule has 1 saturated heterocycles. The lowest BCUT2D eigenvalue weighted by Crippen LogP contribution is -2.37. The summed E-state index contributed by atoms with van der Waals surface area (Å²) >= 11 is 0. The highest BCUT2D eigenvalue weighted by molar-refractivity contribution is 5.77. The van der Waals surface area contributed by atoms with Gasteiger partial charge in [-0.1, -0.05) is 0 Å². The van der Waals surface area contributed by atoms with Gasteiger partial charge >= 0.3 is 0 Å². The number of likely N-dealkylation sites (N-methyl/N-ethyl adjacent to an activating group) is 1. The summed E-state index contributed by atoms with van der Waals surface area (Å²) in [7, 11) is 2.10. The van der Waals surface area contributed by atoms with E-state index in [1.807, 2.05) is 25.1 Å². The number of benzene rings is 1. The van der Waals surface area contributed by atoms with Crippen LogP contribution in [0.15, 0.2) is 18.2 Å². The van der Waals surface area contributed by atoms with Gasteiger partial charge in [0.2, 0.25) is 0 Å². The van der Waals surface area contributed by atoms with E-state index in [1.54, 1.807) is 0 Å². The van der Waals surface area contributed by atoms with Crippen LogP contribution in [0.1, 0.15) is 29.3 Å². The molecule has 0 aromatic heterocycles. The molecule has 1 aliphatic heterocycles. The van der Waals surface area contributed by atoms with Crippen LogP contribution >= 0.6 is 0 Å². The van der Waals surface area contributed by atoms with E-state index in [-0.39, 0.29) is 6.10 Å². The van der Waals surface area contributed by atoms with Gasteiger partial charge in [0.05, 0.1) is 12.1 Å². The molecule has 17 heavy (non-hydrogen) atoms. The normalized spacial score (nSPS) is 23.7. The lowest BCUT2D eigenvalue weighted by atomic mass is 10.1. The Balaban J connectivity index is 2.24. The number of anilines is 1. The molecular weight excluding hydrogens is 214 g/mol. The molecule has 1 heterocycles. The second-order valence-corrected chi connectivity index (χ2v) is 4.71. The Bertz CT molecular complexity index is 417. The average molecular weight is 233 g/mol. The molecule has 1 aromatic rings. The summed E-state index contributed by atoms with van der Waals surface area (Å²) in [5.74, 6) is 0. The topological polar surface area (TPSA) is 29.5 Å². The maximum Gasteiger partial charge on any atom is 0.150 e. The Hall–Kier alpha value is -1.35. The summed E-state index contributed by atoms with van der Waals surface area (Å²) < 4.78 is 5.59. The zero-order valence-corrected chi connectivity index (χ0v) is 10.6. The van der Waals surface area contributed by atoms with Gasteiger partial charge < -0.3 is 9.64 Å². The maximum atomic E-state index is 10.7. The fourth-order valence-electron chi connectivity index (χ4n) is 2.56. The van der Waals surface area contributed by atoms with Crippen LogP contribution in [0.4, 0.5) is 5.69 Å². The summed E-state index contributed by atoms with van der Waals surface area (Å²) in [6.45, 7) is 4.99. The highest BCUT2D eigenvalue weighted by Gasteiger charge is 2.28. The predicted molar refractivity (Wildman–Crippen MR) is 68.8 cm³/mol. The van der Waals surface area contributed by atoms with E-state index in [1.165, 1.54) is 5.69 Å². The Morgan fingerprint density at radius 2 is 2.24 bits per heavy atom. The van der Waals surface area contributed by atoms with Crippen molar-refractivity contribution in [2.75, 3.05) is 18.6 Å². The second-order valence-electron chi connectivity index (χ2n) is 4.71. The largest absolute Gasteiger partial charge is 0.376 e. The second kappa shape index (κ2) is 4.88. The van der Waals surface area contributed by atoms with Crippen molar-refractivity contribution in [2.24, 2.45) is 0 Å². The van der Waals surface area contributed by atoms with Crippen molar-refractivity contribution in [2.45, 2.75) is 32.4 Å². The highest BCUT2D eigenvalue weighted by Crippen LogP contribution is 2.27. The van der Waals surface area contributed by atoms with Gasteiger partial charge in [-0.3, -0.25) is 4.79 Å². The van der Waals surface area contributed by atoms with Crippen LogP contribution < -0.4 is 4.90 Å². The van der Waals surface area contributed by atoms with E-state index in [0.717, 1.165) is 30.4 Å². The van der Waals surface area contributed by atoms with Gasteiger partial charge in [-0.15, -0.1) is 0 Å². The van der Waals surface area contributed by atoms with Crippen molar-refractivity contribution in [3.8, 4) is 0 Å². The standard InChI is InChI=1S/C14H19NO2/c1-10-8-12(9-16)4-5-13(10)15(3)14-6-7-17-11(14)2/h4-5,8-9,11,14H,6-7H2,1-3H3. The third kappa shape index (κ3) is 2.34. The molecule has 3 heteroatoms. The van der Waals surface area contributed by atoms with Gasteiger partial charge in [-0.2, -0.15) is 0 Å². The quantitative estimate of drug-likeness (QED) is 0.751. The van der Waals surface area contributed by atoms with Crippen LogP contribution in [-0.4, -0.2) is 32.1 Å². The van der Waals surface area contributed by atoms with E-state index < -0.39 is 0 Å². The summed E-state index contributed by atoms with van der Waals surface area (Å²) in [6.07, 6.45) is 2.22. The minimum atomic E-state index is 0.269. The number of ether oxygens (including phenoxy) is 1. The number of aldehydes is 1. The summed E-state index contributed by atoms with van der Waals surface area (Å²) in [4.78, 5) is 13.0. The Labute approximate surface area is 102 Å². The molecule has 0 spiro atoms. The Kier molecular flexibility index (Phi) is 3.48. The van der Waals surface area contributed by atoms with Crippen LogP contribution in [0.5, 0.6) is 0 Å². The van der Waals surface area contributed by atoms with Gasteiger partial charge in [-0.25, -0.2) is 0 Å². The van der Waals surface area contributed by atoms with E-state index >= 15 is 0 Å². The lowest BCUT2D eigenvalue weighted by Gasteiger charge is -2.30. The summed E-state index contributed by atoms with van der Waals surface area (Å²) in [6, 6.07) is 6.24. The van der Waals surface area contributed by atoms with Gasteiger partial charge in [0, 0.05) is 24.9 Å².